The Balaban J connectivity index is 2.44. The number of hydrogen-bond acceptors (Lipinski definition) is 5. The van der Waals surface area contributed by atoms with E-state index in [1.807, 2.05) is 11.0 Å². The summed E-state index contributed by atoms with van der Waals surface area (Å²) in [6.07, 6.45) is 0. The highest BCUT2D eigenvalue weighted by Gasteiger charge is 2.26. The number of aliphatic imine (C=N–C) groups is 1. The summed E-state index contributed by atoms with van der Waals surface area (Å²) >= 11 is 0. The molecule has 1 aromatic rings. The van der Waals surface area contributed by atoms with Crippen molar-refractivity contribution in [1.82, 2.24) is 4.90 Å². The molecule has 0 aliphatic carbocycles. The Bertz CT molecular complexity index is 549. The van der Waals surface area contributed by atoms with Crippen molar-refractivity contribution in [3.63, 3.8) is 0 Å². The lowest BCUT2D eigenvalue weighted by Gasteiger charge is -2.20. The number of ketones is 1. The van der Waals surface area contributed by atoms with Gasteiger partial charge in [0.2, 0.25) is 0 Å². The van der Waals surface area contributed by atoms with Gasteiger partial charge in [-0.05, 0) is 6.92 Å². The van der Waals surface area contributed by atoms with E-state index in [1.54, 1.807) is 24.3 Å². The predicted octanol–water partition coefficient (Wildman–Crippen LogP) is 1.25. The molecular formula is C15H18N2O3. The summed E-state index contributed by atoms with van der Waals surface area (Å²) in [4.78, 5) is 18.0. The van der Waals surface area contributed by atoms with Crippen LogP contribution in [0.15, 0.2) is 40.9 Å². The van der Waals surface area contributed by atoms with E-state index in [0.29, 0.717) is 31.0 Å². The maximum absolute atomic E-state index is 11.9. The molecule has 20 heavy (non-hydrogen) atoms. The molecule has 0 unspecified atom stereocenters. The lowest BCUT2D eigenvalue weighted by atomic mass is 10.0. The van der Waals surface area contributed by atoms with Crippen molar-refractivity contribution in [2.45, 2.75) is 6.92 Å². The molecule has 0 amide bonds. The van der Waals surface area contributed by atoms with Crippen molar-refractivity contribution < 1.29 is 15.0 Å². The second kappa shape index (κ2) is 6.34. The normalized spacial score (nSPS) is 15.9. The Morgan fingerprint density at radius 2 is 2.05 bits per heavy atom. The Labute approximate surface area is 117 Å². The lowest BCUT2D eigenvalue weighted by Crippen LogP contribution is -2.33. The second-order valence-corrected chi connectivity index (χ2v) is 4.56. The van der Waals surface area contributed by atoms with Crippen molar-refractivity contribution in [3.8, 4) is 0 Å². The maximum Gasteiger partial charge on any atom is 0.167 e. The summed E-state index contributed by atoms with van der Waals surface area (Å²) in [6, 6.07) is 8.92. The molecule has 0 atom stereocenters. The van der Waals surface area contributed by atoms with Crippen LogP contribution in [0.25, 0.3) is 5.76 Å². The number of benzene rings is 1. The standard InChI is InChI=1S/C15H18N2O3/c1-11(19)13(14(20)12-5-3-2-4-6-12)15-16-7-8-17(15)9-10-18/h2-6,18,20H,7-10H2,1H3/b14-13-. The van der Waals surface area contributed by atoms with E-state index in [4.69, 9.17) is 5.11 Å². The van der Waals surface area contributed by atoms with Crippen molar-refractivity contribution in [2.24, 2.45) is 4.99 Å². The number of rotatable bonds is 5. The second-order valence-electron chi connectivity index (χ2n) is 4.56. The van der Waals surface area contributed by atoms with Crippen LogP contribution >= 0.6 is 0 Å². The number of β-amino-alcohol motifs (C(OH)–C–C–N with tert-alkyl or cyclic N) is 1. The predicted molar refractivity (Wildman–Crippen MR) is 77.6 cm³/mol. The summed E-state index contributed by atoms with van der Waals surface area (Å²) in [5.74, 6) is 0.157. The summed E-state index contributed by atoms with van der Waals surface area (Å²) in [5.41, 5.74) is 0.790. The van der Waals surface area contributed by atoms with E-state index in [-0.39, 0.29) is 23.7 Å². The van der Waals surface area contributed by atoms with Gasteiger partial charge in [0.1, 0.15) is 17.2 Å². The van der Waals surface area contributed by atoms with Gasteiger partial charge in [-0.1, -0.05) is 30.3 Å². The SMILES string of the molecule is CC(=O)/C(C1=NCCN1CCO)=C(/O)c1ccccc1. The van der Waals surface area contributed by atoms with Gasteiger partial charge in [0.05, 0.1) is 13.2 Å². The lowest BCUT2D eigenvalue weighted by molar-refractivity contribution is -0.113. The highest BCUT2D eigenvalue weighted by atomic mass is 16.3. The molecule has 2 rings (SSSR count). The van der Waals surface area contributed by atoms with Gasteiger partial charge < -0.3 is 15.1 Å². The number of aliphatic hydroxyl groups is 2. The van der Waals surface area contributed by atoms with Crippen molar-refractivity contribution in [1.29, 1.82) is 0 Å². The van der Waals surface area contributed by atoms with E-state index in [1.165, 1.54) is 6.92 Å². The maximum atomic E-state index is 11.9. The average molecular weight is 274 g/mol. The third-order valence-electron chi connectivity index (χ3n) is 3.16. The molecule has 0 saturated heterocycles. The molecule has 1 heterocycles. The summed E-state index contributed by atoms with van der Waals surface area (Å²) in [5, 5.41) is 19.4. The molecule has 0 aromatic heterocycles. The van der Waals surface area contributed by atoms with Crippen LogP contribution in [0.5, 0.6) is 0 Å². The smallest absolute Gasteiger partial charge is 0.167 e. The molecule has 0 spiro atoms. The molecule has 1 aliphatic rings. The zero-order chi connectivity index (χ0) is 14.5. The van der Waals surface area contributed by atoms with Crippen LogP contribution in [-0.4, -0.2) is 53.0 Å². The Morgan fingerprint density at radius 1 is 1.35 bits per heavy atom. The third-order valence-corrected chi connectivity index (χ3v) is 3.16. The van der Waals surface area contributed by atoms with Crippen LogP contribution in [0.1, 0.15) is 12.5 Å². The zero-order valence-corrected chi connectivity index (χ0v) is 11.4. The molecule has 1 aromatic carbocycles. The van der Waals surface area contributed by atoms with Gasteiger partial charge in [0, 0.05) is 18.7 Å². The molecule has 0 radical (unpaired) electrons. The molecular weight excluding hydrogens is 256 g/mol. The largest absolute Gasteiger partial charge is 0.506 e. The van der Waals surface area contributed by atoms with Gasteiger partial charge in [-0.15, -0.1) is 0 Å². The van der Waals surface area contributed by atoms with Gasteiger partial charge in [0.25, 0.3) is 0 Å². The first-order valence-electron chi connectivity index (χ1n) is 6.55. The van der Waals surface area contributed by atoms with Crippen molar-refractivity contribution in [3.05, 3.63) is 41.5 Å². The zero-order valence-electron chi connectivity index (χ0n) is 11.4. The quantitative estimate of drug-likeness (QED) is 0.626. The van der Waals surface area contributed by atoms with E-state index >= 15 is 0 Å². The number of carbonyl (C=O) groups is 1. The average Bonchev–Trinajstić information content (AvgIpc) is 2.88. The van der Waals surface area contributed by atoms with Crippen LogP contribution in [0.3, 0.4) is 0 Å². The molecule has 0 bridgehead atoms. The summed E-state index contributed by atoms with van der Waals surface area (Å²) in [6.45, 7) is 3.00. The summed E-state index contributed by atoms with van der Waals surface area (Å²) in [7, 11) is 0. The van der Waals surface area contributed by atoms with Crippen molar-refractivity contribution >= 4 is 17.4 Å². The minimum Gasteiger partial charge on any atom is -0.506 e. The molecule has 5 heteroatoms. The van der Waals surface area contributed by atoms with Gasteiger partial charge in [-0.25, -0.2) is 0 Å². The van der Waals surface area contributed by atoms with Crippen LogP contribution in [0.4, 0.5) is 0 Å². The summed E-state index contributed by atoms with van der Waals surface area (Å²) < 4.78 is 0. The highest BCUT2D eigenvalue weighted by Crippen LogP contribution is 2.21. The molecule has 0 saturated carbocycles. The van der Waals surface area contributed by atoms with Gasteiger partial charge >= 0.3 is 0 Å². The third kappa shape index (κ3) is 2.88. The highest BCUT2D eigenvalue weighted by molar-refractivity contribution is 6.25. The fourth-order valence-electron chi connectivity index (χ4n) is 2.23. The Morgan fingerprint density at radius 3 is 2.65 bits per heavy atom. The minimum atomic E-state index is -0.241. The first kappa shape index (κ1) is 14.3. The molecule has 5 nitrogen and oxygen atoms in total. The number of nitrogens with zero attached hydrogens (tertiary/aromatic N) is 2. The van der Waals surface area contributed by atoms with Crippen LogP contribution in [-0.2, 0) is 4.79 Å². The fourth-order valence-corrected chi connectivity index (χ4v) is 2.23. The topological polar surface area (TPSA) is 73.1 Å². The van der Waals surface area contributed by atoms with Gasteiger partial charge in [-0.2, -0.15) is 0 Å². The number of hydrogen-bond donors (Lipinski definition) is 2. The van der Waals surface area contributed by atoms with Crippen LogP contribution < -0.4 is 0 Å². The number of Topliss-reactive ketones (excluding diaryl/α,β-unsaturated/α-hetero) is 1. The number of aliphatic hydroxyl groups excluding tert-OH is 2. The molecule has 106 valence electrons. The van der Waals surface area contributed by atoms with E-state index in [9.17, 15) is 9.90 Å². The molecule has 0 fully saturated rings. The Hall–Kier alpha value is -2.14. The van der Waals surface area contributed by atoms with Gasteiger partial charge in [0.15, 0.2) is 5.78 Å². The number of carbonyl (C=O) groups excluding carboxylic acids is 1. The Kier molecular flexibility index (Phi) is 4.53. The van der Waals surface area contributed by atoms with Crippen molar-refractivity contribution in [2.75, 3.05) is 26.2 Å². The first-order valence-corrected chi connectivity index (χ1v) is 6.55. The van der Waals surface area contributed by atoms with Gasteiger partial charge in [-0.3, -0.25) is 9.79 Å². The minimum absolute atomic E-state index is 0.0176. The molecule has 1 aliphatic heterocycles. The van der Waals surface area contributed by atoms with E-state index < -0.39 is 0 Å². The molecule has 2 N–H and O–H groups in total. The van der Waals surface area contributed by atoms with E-state index in [2.05, 4.69) is 4.99 Å². The van der Waals surface area contributed by atoms with Crippen LogP contribution in [0.2, 0.25) is 0 Å². The fraction of sp³-hybridized carbons (Fsp3) is 0.333. The van der Waals surface area contributed by atoms with Crippen LogP contribution in [0, 0.1) is 0 Å². The monoisotopic (exact) mass is 274 g/mol. The first-order chi connectivity index (χ1) is 9.65. The van der Waals surface area contributed by atoms with E-state index in [0.717, 1.165) is 0 Å². The number of amidine groups is 1.